The number of nitrogens with zero attached hydrogens (tertiary/aromatic N) is 2. The molecule has 3 aromatic rings. The van der Waals surface area contributed by atoms with Crippen molar-refractivity contribution in [3.05, 3.63) is 52.5 Å². The monoisotopic (exact) mass is 305 g/mol. The van der Waals surface area contributed by atoms with Crippen LogP contribution in [-0.2, 0) is 0 Å². The number of hydrogen-bond donors (Lipinski definition) is 1. The van der Waals surface area contributed by atoms with E-state index in [-0.39, 0.29) is 5.89 Å². The lowest BCUT2D eigenvalue weighted by Crippen LogP contribution is -1.84. The second-order valence-corrected chi connectivity index (χ2v) is 4.95. The lowest BCUT2D eigenvalue weighted by Gasteiger charge is -2.01. The van der Waals surface area contributed by atoms with Crippen LogP contribution < -0.4 is 5.73 Å². The molecule has 20 heavy (non-hydrogen) atoms. The Kier molecular flexibility index (Phi) is 3.34. The summed E-state index contributed by atoms with van der Waals surface area (Å²) >= 11 is 12.2. The van der Waals surface area contributed by atoms with Gasteiger partial charge in [0.05, 0.1) is 15.6 Å². The van der Waals surface area contributed by atoms with Crippen LogP contribution in [0.1, 0.15) is 0 Å². The zero-order valence-corrected chi connectivity index (χ0v) is 11.7. The molecule has 2 aromatic carbocycles. The third kappa shape index (κ3) is 2.35. The number of anilines is 1. The van der Waals surface area contributed by atoms with E-state index in [0.717, 1.165) is 5.56 Å². The number of nitrogen functional groups attached to an aromatic ring is 1. The van der Waals surface area contributed by atoms with Gasteiger partial charge in [0.2, 0.25) is 5.89 Å². The van der Waals surface area contributed by atoms with Gasteiger partial charge in [-0.25, -0.2) is 0 Å². The van der Waals surface area contributed by atoms with E-state index in [1.165, 1.54) is 0 Å². The number of hydrogen-bond acceptors (Lipinski definition) is 4. The summed E-state index contributed by atoms with van der Waals surface area (Å²) in [7, 11) is 0. The highest BCUT2D eigenvalue weighted by Gasteiger charge is 2.16. The Morgan fingerprint density at radius 3 is 2.25 bits per heavy atom. The summed E-state index contributed by atoms with van der Waals surface area (Å²) in [5.74, 6) is 0.640. The van der Waals surface area contributed by atoms with E-state index in [4.69, 9.17) is 33.4 Å². The van der Waals surface area contributed by atoms with Crippen LogP contribution in [0.5, 0.6) is 0 Å². The van der Waals surface area contributed by atoms with E-state index in [9.17, 15) is 0 Å². The molecule has 1 heterocycles. The maximum Gasteiger partial charge on any atom is 0.251 e. The molecule has 4 nitrogen and oxygen atoms in total. The van der Waals surface area contributed by atoms with E-state index in [1.807, 2.05) is 12.1 Å². The van der Waals surface area contributed by atoms with Gasteiger partial charge in [0.25, 0.3) is 5.89 Å². The molecule has 0 saturated carbocycles. The molecule has 0 atom stereocenters. The van der Waals surface area contributed by atoms with Crippen LogP contribution in [0.2, 0.25) is 10.0 Å². The summed E-state index contributed by atoms with van der Waals surface area (Å²) in [5.41, 5.74) is 7.62. The first-order valence-electron chi connectivity index (χ1n) is 5.79. The number of nitrogens with two attached hydrogens (primary N) is 1. The van der Waals surface area contributed by atoms with Crippen molar-refractivity contribution in [2.24, 2.45) is 0 Å². The summed E-state index contributed by atoms with van der Waals surface area (Å²) in [6, 6.07) is 12.4. The zero-order chi connectivity index (χ0) is 14.1. The van der Waals surface area contributed by atoms with Crippen LogP contribution in [-0.4, -0.2) is 10.2 Å². The summed E-state index contributed by atoms with van der Waals surface area (Å²) in [5, 5.41) is 8.90. The molecule has 0 bridgehead atoms. The van der Waals surface area contributed by atoms with Gasteiger partial charge in [-0.1, -0.05) is 35.3 Å². The molecule has 0 fully saturated rings. The van der Waals surface area contributed by atoms with Crippen LogP contribution in [0.15, 0.2) is 46.9 Å². The van der Waals surface area contributed by atoms with Crippen LogP contribution in [0.4, 0.5) is 5.69 Å². The molecule has 0 unspecified atom stereocenters. The maximum absolute atomic E-state index is 6.11. The molecule has 0 aliphatic heterocycles. The smallest absolute Gasteiger partial charge is 0.251 e. The summed E-state index contributed by atoms with van der Waals surface area (Å²) in [6.07, 6.45) is 0. The third-order valence-corrected chi connectivity index (χ3v) is 3.37. The fourth-order valence-electron chi connectivity index (χ4n) is 1.81. The van der Waals surface area contributed by atoms with Gasteiger partial charge < -0.3 is 10.2 Å². The lowest BCUT2D eigenvalue weighted by atomic mass is 10.2. The summed E-state index contributed by atoms with van der Waals surface area (Å²) < 4.78 is 5.63. The molecule has 0 radical (unpaired) electrons. The van der Waals surface area contributed by atoms with Crippen LogP contribution in [0.25, 0.3) is 22.9 Å². The number of benzene rings is 2. The lowest BCUT2D eigenvalue weighted by molar-refractivity contribution is 0.584. The Hall–Kier alpha value is -2.04. The fourth-order valence-corrected chi connectivity index (χ4v) is 2.37. The number of aromatic nitrogens is 2. The van der Waals surface area contributed by atoms with E-state index < -0.39 is 0 Å². The van der Waals surface area contributed by atoms with Crippen LogP contribution >= 0.6 is 23.2 Å². The standard InChI is InChI=1S/C14H9Cl2N3O/c15-10-5-2-6-11(16)12(10)14-19-18-13(20-14)8-3-1-4-9(17)7-8/h1-7H,17H2. The predicted molar refractivity (Wildman–Crippen MR) is 79.6 cm³/mol. The van der Waals surface area contributed by atoms with Gasteiger partial charge in [-0.05, 0) is 30.3 Å². The number of rotatable bonds is 2. The van der Waals surface area contributed by atoms with Gasteiger partial charge in [-0.2, -0.15) is 0 Å². The van der Waals surface area contributed by atoms with Gasteiger partial charge in [-0.15, -0.1) is 10.2 Å². The normalized spacial score (nSPS) is 10.7. The Morgan fingerprint density at radius 2 is 1.55 bits per heavy atom. The van der Waals surface area contributed by atoms with Crippen molar-refractivity contribution < 1.29 is 4.42 Å². The molecule has 0 spiro atoms. The van der Waals surface area contributed by atoms with Gasteiger partial charge >= 0.3 is 0 Å². The minimum Gasteiger partial charge on any atom is -0.416 e. The highest BCUT2D eigenvalue weighted by atomic mass is 35.5. The van der Waals surface area contributed by atoms with Crippen molar-refractivity contribution in [3.63, 3.8) is 0 Å². The van der Waals surface area contributed by atoms with Crippen LogP contribution in [0.3, 0.4) is 0 Å². The molecule has 6 heteroatoms. The average Bonchev–Trinajstić information content (AvgIpc) is 2.88. The van der Waals surface area contributed by atoms with Gasteiger partial charge in [0, 0.05) is 11.3 Å². The SMILES string of the molecule is Nc1cccc(-c2nnc(-c3c(Cl)cccc3Cl)o2)c1. The first-order valence-corrected chi connectivity index (χ1v) is 6.54. The van der Waals surface area contributed by atoms with Crippen molar-refractivity contribution in [1.82, 2.24) is 10.2 Å². The van der Waals surface area contributed by atoms with Crippen molar-refractivity contribution in [2.75, 3.05) is 5.73 Å². The first kappa shape index (κ1) is 13.0. The predicted octanol–water partition coefficient (Wildman–Crippen LogP) is 4.29. The highest BCUT2D eigenvalue weighted by Crippen LogP contribution is 2.35. The van der Waals surface area contributed by atoms with Crippen molar-refractivity contribution >= 4 is 28.9 Å². The van der Waals surface area contributed by atoms with Gasteiger partial charge in [0.15, 0.2) is 0 Å². The molecule has 2 N–H and O–H groups in total. The minimum atomic E-state index is 0.276. The van der Waals surface area contributed by atoms with E-state index >= 15 is 0 Å². The fraction of sp³-hybridized carbons (Fsp3) is 0. The Labute approximate surface area is 125 Å². The molecule has 0 aliphatic carbocycles. The second-order valence-electron chi connectivity index (χ2n) is 4.13. The van der Waals surface area contributed by atoms with E-state index in [1.54, 1.807) is 30.3 Å². The van der Waals surface area contributed by atoms with Gasteiger partial charge in [-0.3, -0.25) is 0 Å². The van der Waals surface area contributed by atoms with Crippen LogP contribution in [0, 0.1) is 0 Å². The molecule has 0 aliphatic rings. The van der Waals surface area contributed by atoms with Crippen molar-refractivity contribution in [3.8, 4) is 22.9 Å². The Bertz CT molecular complexity index is 750. The van der Waals surface area contributed by atoms with E-state index in [2.05, 4.69) is 10.2 Å². The Balaban J connectivity index is 2.07. The average molecular weight is 306 g/mol. The highest BCUT2D eigenvalue weighted by molar-refractivity contribution is 6.38. The quantitative estimate of drug-likeness (QED) is 0.717. The molecule has 1 aromatic heterocycles. The molecule has 0 saturated heterocycles. The van der Waals surface area contributed by atoms with Crippen molar-refractivity contribution in [2.45, 2.75) is 0 Å². The summed E-state index contributed by atoms with van der Waals surface area (Å²) in [6.45, 7) is 0. The Morgan fingerprint density at radius 1 is 0.900 bits per heavy atom. The van der Waals surface area contributed by atoms with E-state index in [0.29, 0.717) is 27.2 Å². The molecular weight excluding hydrogens is 297 g/mol. The molecular formula is C14H9Cl2N3O. The summed E-state index contributed by atoms with van der Waals surface area (Å²) in [4.78, 5) is 0. The topological polar surface area (TPSA) is 64.9 Å². The number of halogens is 2. The third-order valence-electron chi connectivity index (χ3n) is 2.74. The van der Waals surface area contributed by atoms with Gasteiger partial charge in [0.1, 0.15) is 0 Å². The molecule has 100 valence electrons. The molecule has 0 amide bonds. The van der Waals surface area contributed by atoms with Crippen molar-refractivity contribution in [1.29, 1.82) is 0 Å². The largest absolute Gasteiger partial charge is 0.416 e. The first-order chi connectivity index (χ1) is 9.65. The maximum atomic E-state index is 6.11. The molecule has 3 rings (SSSR count). The second kappa shape index (κ2) is 5.15. The minimum absolute atomic E-state index is 0.276. The zero-order valence-electron chi connectivity index (χ0n) is 10.2.